The van der Waals surface area contributed by atoms with E-state index in [0.717, 1.165) is 33.5 Å². The Morgan fingerprint density at radius 3 is 2.76 bits per heavy atom. The largest absolute Gasteiger partial charge is 0.479 e. The quantitative estimate of drug-likeness (QED) is 0.383. The number of methoxy groups -OCH3 is 1. The van der Waals surface area contributed by atoms with Crippen molar-refractivity contribution >= 4 is 22.7 Å². The van der Waals surface area contributed by atoms with Crippen LogP contribution in [-0.2, 0) is 23.1 Å². The molecule has 4 rings (SSSR count). The van der Waals surface area contributed by atoms with Gasteiger partial charge in [0.15, 0.2) is 5.88 Å². The zero-order valence-corrected chi connectivity index (χ0v) is 25.2. The maximum Gasteiger partial charge on any atom is 0.221 e. The van der Waals surface area contributed by atoms with Crippen molar-refractivity contribution < 1.29 is 19.3 Å². The number of pyridine rings is 1. The Morgan fingerprint density at radius 2 is 2.07 bits per heavy atom. The predicted octanol–water partition coefficient (Wildman–Crippen LogP) is 2.96. The van der Waals surface area contributed by atoms with Gasteiger partial charge in [-0.2, -0.15) is 10.2 Å². The van der Waals surface area contributed by atoms with Crippen molar-refractivity contribution in [2.45, 2.75) is 59.4 Å². The molecule has 12 heteroatoms. The molecule has 0 aliphatic carbocycles. The molecule has 2 bridgehead atoms. The fraction of sp³-hybridized carbons (Fsp3) is 0.517. The van der Waals surface area contributed by atoms with Crippen LogP contribution in [0.1, 0.15) is 44.8 Å². The Bertz CT molecular complexity index is 1470. The van der Waals surface area contributed by atoms with E-state index in [1.165, 1.54) is 0 Å². The molecule has 0 fully saturated rings. The van der Waals surface area contributed by atoms with Gasteiger partial charge in [0.05, 0.1) is 59.8 Å². The number of aryl methyl sites for hydroxylation is 2. The molecule has 12 nitrogen and oxygen atoms in total. The average molecular weight is 567 g/mol. The number of rotatable bonds is 6. The summed E-state index contributed by atoms with van der Waals surface area (Å²) in [6.07, 6.45) is 3.56. The van der Waals surface area contributed by atoms with Gasteiger partial charge in [0.25, 0.3) is 0 Å². The number of allylic oxidation sites excluding steroid dienone is 1. The summed E-state index contributed by atoms with van der Waals surface area (Å²) in [5, 5.41) is 23.1. The number of nitrogens with zero attached hydrogens (tertiary/aromatic N) is 6. The second kappa shape index (κ2) is 12.8. The Balaban J connectivity index is 2.01. The summed E-state index contributed by atoms with van der Waals surface area (Å²) in [6.45, 7) is 10.8. The number of aliphatic hydroxyl groups excluding tert-OH is 1. The average Bonchev–Trinajstić information content (AvgIpc) is 3.48. The van der Waals surface area contributed by atoms with E-state index in [2.05, 4.69) is 22.0 Å². The minimum absolute atomic E-state index is 0.0453. The van der Waals surface area contributed by atoms with Crippen LogP contribution in [0, 0.1) is 6.92 Å². The third kappa shape index (κ3) is 6.29. The minimum atomic E-state index is -0.331. The number of aliphatic imine (C=N–C) groups is 1. The number of aromatic amines is 1. The molecule has 222 valence electrons. The van der Waals surface area contributed by atoms with Gasteiger partial charge in [-0.15, -0.1) is 0 Å². The van der Waals surface area contributed by atoms with Crippen molar-refractivity contribution in [2.75, 3.05) is 33.9 Å². The maximum atomic E-state index is 9.82. The molecule has 41 heavy (non-hydrogen) atoms. The van der Waals surface area contributed by atoms with Crippen LogP contribution in [0.2, 0.25) is 0 Å². The van der Waals surface area contributed by atoms with Gasteiger partial charge < -0.3 is 25.1 Å². The molecule has 0 amide bonds. The fourth-order valence-electron chi connectivity index (χ4n) is 4.87. The monoisotopic (exact) mass is 566 g/mol. The van der Waals surface area contributed by atoms with E-state index in [9.17, 15) is 5.11 Å². The number of H-pyrrole nitrogens is 1. The van der Waals surface area contributed by atoms with E-state index in [1.807, 2.05) is 60.0 Å². The van der Waals surface area contributed by atoms with Crippen molar-refractivity contribution in [3.05, 3.63) is 40.7 Å². The maximum absolute atomic E-state index is 9.82. The first-order valence-corrected chi connectivity index (χ1v) is 13.9. The van der Waals surface area contributed by atoms with Crippen LogP contribution in [-0.4, -0.2) is 92.8 Å². The highest BCUT2D eigenvalue weighted by Crippen LogP contribution is 2.36. The highest BCUT2D eigenvalue weighted by Gasteiger charge is 2.28. The first-order valence-electron chi connectivity index (χ1n) is 13.9. The van der Waals surface area contributed by atoms with E-state index >= 15 is 0 Å². The Labute approximate surface area is 240 Å². The summed E-state index contributed by atoms with van der Waals surface area (Å²) in [5.74, 6) is 0.864. The summed E-state index contributed by atoms with van der Waals surface area (Å²) in [4.78, 5) is 11.9. The molecule has 3 atom stereocenters. The number of hydrogen-bond acceptors (Lipinski definition) is 10. The number of ether oxygens (including phenoxy) is 3. The topological polar surface area (TPSA) is 149 Å². The second-order valence-electron chi connectivity index (χ2n) is 10.4. The van der Waals surface area contributed by atoms with Crippen LogP contribution in [0.4, 0.5) is 0 Å². The van der Waals surface area contributed by atoms with Gasteiger partial charge in [-0.3, -0.25) is 20.0 Å². The van der Waals surface area contributed by atoms with E-state index in [-0.39, 0.29) is 30.7 Å². The minimum Gasteiger partial charge on any atom is -0.479 e. The molecule has 4 N–H and O–H groups in total. The molecule has 0 radical (unpaired) electrons. The van der Waals surface area contributed by atoms with E-state index in [0.29, 0.717) is 42.6 Å². The Kier molecular flexibility index (Phi) is 9.46. The standard InChI is InChI=1S/C29H42N8O4/c1-9-40-28(30)20-10-11-22-21-12-23(32-17(3)27(21)34-33-22)26-25(15-39-8)35-37(7)29(26)41-19(5)18(4)36(6)13-24(20)31-16(2)14-38/h10-12,16,18-19,38H,9,13-15,30H2,1-8H3,(H,33,34)/b11-10+,28-20+,31-24?/t16?,18?,19-/m1/s1. The lowest BCUT2D eigenvalue weighted by Gasteiger charge is -2.31. The number of fused-ring (bicyclic) bond motifs is 3. The summed E-state index contributed by atoms with van der Waals surface area (Å²) in [6, 6.07) is 1.62. The molecule has 3 aromatic rings. The molecule has 0 spiro atoms. The summed E-state index contributed by atoms with van der Waals surface area (Å²) in [7, 11) is 5.51. The van der Waals surface area contributed by atoms with Crippen molar-refractivity contribution in [1.82, 2.24) is 29.9 Å². The highest BCUT2D eigenvalue weighted by molar-refractivity contribution is 6.05. The van der Waals surface area contributed by atoms with Crippen LogP contribution in [0.15, 0.2) is 28.6 Å². The molecule has 3 aromatic heterocycles. The number of nitrogens with one attached hydrogen (secondary N) is 1. The van der Waals surface area contributed by atoms with Gasteiger partial charge in [0.2, 0.25) is 5.88 Å². The number of nitrogens with two attached hydrogens (primary N) is 1. The van der Waals surface area contributed by atoms with Crippen LogP contribution < -0.4 is 10.5 Å². The van der Waals surface area contributed by atoms with Crippen molar-refractivity contribution in [3.8, 4) is 17.1 Å². The van der Waals surface area contributed by atoms with Crippen molar-refractivity contribution in [2.24, 2.45) is 17.8 Å². The van der Waals surface area contributed by atoms with Gasteiger partial charge in [-0.1, -0.05) is 0 Å². The molecule has 2 unspecified atom stereocenters. The van der Waals surface area contributed by atoms with Crippen molar-refractivity contribution in [1.29, 1.82) is 0 Å². The lowest BCUT2D eigenvalue weighted by Crippen LogP contribution is -2.43. The number of aromatic nitrogens is 5. The Hall–Kier alpha value is -3.74. The molecule has 4 heterocycles. The highest BCUT2D eigenvalue weighted by atomic mass is 16.5. The van der Waals surface area contributed by atoms with Gasteiger partial charge in [-0.05, 0) is 59.9 Å². The van der Waals surface area contributed by atoms with Gasteiger partial charge in [0.1, 0.15) is 17.3 Å². The second-order valence-corrected chi connectivity index (χ2v) is 10.4. The zero-order chi connectivity index (χ0) is 29.8. The normalized spacial score (nSPS) is 22.2. The SMILES string of the molecule is CCO/C(N)=C1\C=C\c2[nH]nc3c(C)nc(cc23)-c2c(COC)nn(C)c2O[C@H](C)C(C)N(C)CC1=NC(C)CO. The van der Waals surface area contributed by atoms with E-state index in [4.69, 9.17) is 35.0 Å². The fourth-order valence-corrected chi connectivity index (χ4v) is 4.87. The summed E-state index contributed by atoms with van der Waals surface area (Å²) >= 11 is 0. The van der Waals surface area contributed by atoms with Crippen molar-refractivity contribution in [3.63, 3.8) is 0 Å². The lowest BCUT2D eigenvalue weighted by molar-refractivity contribution is 0.107. The molecule has 0 aromatic carbocycles. The lowest BCUT2D eigenvalue weighted by atomic mass is 10.1. The molecule has 1 aliphatic rings. The third-order valence-electron chi connectivity index (χ3n) is 7.35. The number of aliphatic hydroxyl groups is 1. The first-order chi connectivity index (χ1) is 19.6. The predicted molar refractivity (Wildman–Crippen MR) is 160 cm³/mol. The van der Waals surface area contributed by atoms with Crippen LogP contribution in [0.5, 0.6) is 5.88 Å². The van der Waals surface area contributed by atoms with E-state index in [1.54, 1.807) is 11.8 Å². The van der Waals surface area contributed by atoms with Crippen LogP contribution in [0.25, 0.3) is 28.2 Å². The third-order valence-corrected chi connectivity index (χ3v) is 7.35. The first kappa shape index (κ1) is 30.2. The van der Waals surface area contributed by atoms with Gasteiger partial charge in [-0.25, -0.2) is 4.68 Å². The smallest absolute Gasteiger partial charge is 0.221 e. The van der Waals surface area contributed by atoms with Gasteiger partial charge >= 0.3 is 0 Å². The number of hydrogen-bond donors (Lipinski definition) is 3. The summed E-state index contributed by atoms with van der Waals surface area (Å²) < 4.78 is 19.6. The summed E-state index contributed by atoms with van der Waals surface area (Å²) in [5.41, 5.74) is 12.3. The molecular formula is C29H42N8O4. The zero-order valence-electron chi connectivity index (χ0n) is 25.2. The molecule has 0 saturated carbocycles. The number of likely N-dealkylation sites (N-methyl/N-ethyl adjacent to an activating group) is 1. The molecular weight excluding hydrogens is 524 g/mol. The van der Waals surface area contributed by atoms with Crippen LogP contribution >= 0.6 is 0 Å². The van der Waals surface area contributed by atoms with Gasteiger partial charge in [0, 0.05) is 32.1 Å². The van der Waals surface area contributed by atoms with Crippen LogP contribution in [0.3, 0.4) is 0 Å². The van der Waals surface area contributed by atoms with E-state index < -0.39 is 0 Å². The molecule has 0 saturated heterocycles. The Morgan fingerprint density at radius 1 is 1.32 bits per heavy atom. The molecule has 1 aliphatic heterocycles.